The molecule has 7 nitrogen and oxygen atoms in total. The first-order valence-corrected chi connectivity index (χ1v) is 10.0. The van der Waals surface area contributed by atoms with Gasteiger partial charge in [-0.1, -0.05) is 38.7 Å². The summed E-state index contributed by atoms with van der Waals surface area (Å²) in [5.41, 5.74) is 0.814. The Bertz CT molecular complexity index is 621. The summed E-state index contributed by atoms with van der Waals surface area (Å²) >= 11 is 0. The van der Waals surface area contributed by atoms with Gasteiger partial charge in [0.1, 0.15) is 19.3 Å². The summed E-state index contributed by atoms with van der Waals surface area (Å²) in [6.45, 7) is 5.18. The van der Waals surface area contributed by atoms with E-state index < -0.39 is 6.10 Å². The van der Waals surface area contributed by atoms with Gasteiger partial charge in [0.15, 0.2) is 18.3 Å². The van der Waals surface area contributed by atoms with E-state index in [9.17, 15) is 9.59 Å². The fourth-order valence-electron chi connectivity index (χ4n) is 3.20. The van der Waals surface area contributed by atoms with Crippen LogP contribution in [0.25, 0.3) is 0 Å². The van der Waals surface area contributed by atoms with Gasteiger partial charge in [-0.05, 0) is 31.0 Å². The van der Waals surface area contributed by atoms with Crippen molar-refractivity contribution in [2.24, 2.45) is 0 Å². The summed E-state index contributed by atoms with van der Waals surface area (Å²) in [6.07, 6.45) is 5.49. The van der Waals surface area contributed by atoms with Crippen LogP contribution in [0.3, 0.4) is 0 Å². The second-order valence-corrected chi connectivity index (χ2v) is 6.89. The van der Waals surface area contributed by atoms with Crippen molar-refractivity contribution in [1.29, 1.82) is 0 Å². The molecular formula is C21H31NO6. The van der Waals surface area contributed by atoms with Crippen LogP contribution in [0.4, 0.5) is 0 Å². The van der Waals surface area contributed by atoms with E-state index in [0.717, 1.165) is 24.8 Å². The minimum absolute atomic E-state index is 0.00792. The molecule has 2 atom stereocenters. The van der Waals surface area contributed by atoms with E-state index in [2.05, 4.69) is 17.0 Å². The maximum Gasteiger partial charge on any atom is 0.295 e. The SMILES string of the molecule is CCCCCCCC(=O)NC(C)C(OCOC=O)c1ccc2c(c1)OCCO2. The molecule has 0 aliphatic carbocycles. The van der Waals surface area contributed by atoms with E-state index in [1.165, 1.54) is 12.8 Å². The van der Waals surface area contributed by atoms with E-state index in [1.54, 1.807) is 0 Å². The van der Waals surface area contributed by atoms with Gasteiger partial charge in [-0.25, -0.2) is 0 Å². The van der Waals surface area contributed by atoms with Crippen molar-refractivity contribution < 1.29 is 28.5 Å². The minimum atomic E-state index is -0.486. The quantitative estimate of drug-likeness (QED) is 0.314. The molecule has 1 amide bonds. The second-order valence-electron chi connectivity index (χ2n) is 6.89. The number of nitrogens with one attached hydrogen (secondary N) is 1. The lowest BCUT2D eigenvalue weighted by Crippen LogP contribution is -2.38. The summed E-state index contributed by atoms with van der Waals surface area (Å²) in [5.74, 6) is 1.32. The number of carbonyl (C=O) groups excluding carboxylic acids is 2. The first-order valence-electron chi connectivity index (χ1n) is 10.0. The predicted octanol–water partition coefficient (Wildman–Crippen LogP) is 3.51. The Morgan fingerprint density at radius 1 is 1.18 bits per heavy atom. The zero-order valence-corrected chi connectivity index (χ0v) is 16.8. The molecule has 0 spiro atoms. The molecule has 0 fully saturated rings. The Labute approximate surface area is 166 Å². The van der Waals surface area contributed by atoms with E-state index in [-0.39, 0.29) is 18.7 Å². The van der Waals surface area contributed by atoms with Crippen LogP contribution in [0.2, 0.25) is 0 Å². The first-order chi connectivity index (χ1) is 13.7. The Morgan fingerprint density at radius 3 is 2.68 bits per heavy atom. The number of unbranched alkanes of at least 4 members (excludes halogenated alkanes) is 4. The average molecular weight is 393 g/mol. The van der Waals surface area contributed by atoms with Crippen LogP contribution in [-0.4, -0.2) is 38.4 Å². The molecule has 0 radical (unpaired) electrons. The topological polar surface area (TPSA) is 83.1 Å². The lowest BCUT2D eigenvalue weighted by Gasteiger charge is -2.27. The lowest BCUT2D eigenvalue weighted by atomic mass is 10.0. The van der Waals surface area contributed by atoms with Crippen LogP contribution in [0.5, 0.6) is 11.5 Å². The van der Waals surface area contributed by atoms with Crippen molar-refractivity contribution in [1.82, 2.24) is 5.32 Å². The zero-order chi connectivity index (χ0) is 20.2. The van der Waals surface area contributed by atoms with E-state index >= 15 is 0 Å². The normalized spacial score (nSPS) is 14.8. The van der Waals surface area contributed by atoms with Gasteiger partial charge in [-0.15, -0.1) is 0 Å². The molecule has 1 aromatic rings. The molecule has 1 aliphatic rings. The van der Waals surface area contributed by atoms with Gasteiger partial charge in [0.25, 0.3) is 6.47 Å². The highest BCUT2D eigenvalue weighted by Crippen LogP contribution is 2.34. The molecule has 1 heterocycles. The maximum absolute atomic E-state index is 12.3. The van der Waals surface area contributed by atoms with E-state index in [4.69, 9.17) is 14.2 Å². The number of amides is 1. The van der Waals surface area contributed by atoms with Crippen molar-refractivity contribution in [3.63, 3.8) is 0 Å². The number of hydrogen-bond donors (Lipinski definition) is 1. The summed E-state index contributed by atoms with van der Waals surface area (Å²) in [6, 6.07) is 5.23. The van der Waals surface area contributed by atoms with Gasteiger partial charge in [-0.2, -0.15) is 0 Å². The van der Waals surface area contributed by atoms with Gasteiger partial charge in [-0.3, -0.25) is 9.59 Å². The van der Waals surface area contributed by atoms with E-state index in [1.807, 2.05) is 25.1 Å². The van der Waals surface area contributed by atoms with Crippen molar-refractivity contribution in [3.05, 3.63) is 23.8 Å². The second kappa shape index (κ2) is 12.2. The molecule has 28 heavy (non-hydrogen) atoms. The van der Waals surface area contributed by atoms with Crippen molar-refractivity contribution in [2.45, 2.75) is 64.5 Å². The van der Waals surface area contributed by atoms with Gasteiger partial charge < -0.3 is 24.3 Å². The number of fused-ring (bicyclic) bond motifs is 1. The van der Waals surface area contributed by atoms with Crippen LogP contribution in [-0.2, 0) is 19.1 Å². The van der Waals surface area contributed by atoms with Crippen LogP contribution < -0.4 is 14.8 Å². The third-order valence-electron chi connectivity index (χ3n) is 4.63. The molecule has 1 N–H and O–H groups in total. The van der Waals surface area contributed by atoms with Gasteiger partial charge in [0.2, 0.25) is 5.91 Å². The predicted molar refractivity (Wildman–Crippen MR) is 104 cm³/mol. The highest BCUT2D eigenvalue weighted by atomic mass is 16.7. The lowest BCUT2D eigenvalue weighted by molar-refractivity contribution is -0.148. The van der Waals surface area contributed by atoms with E-state index in [0.29, 0.717) is 37.6 Å². The highest BCUT2D eigenvalue weighted by molar-refractivity contribution is 5.76. The Hall–Kier alpha value is -2.28. The van der Waals surface area contributed by atoms with Crippen molar-refractivity contribution >= 4 is 12.4 Å². The Balaban J connectivity index is 1.97. The molecular weight excluding hydrogens is 362 g/mol. The third kappa shape index (κ3) is 7.03. The number of ether oxygens (including phenoxy) is 4. The van der Waals surface area contributed by atoms with Crippen LogP contribution >= 0.6 is 0 Å². The third-order valence-corrected chi connectivity index (χ3v) is 4.63. The molecule has 156 valence electrons. The standard InChI is InChI=1S/C21H31NO6/c1-3-4-5-6-7-8-20(24)22-16(2)21(28-15-25-14-23)17-9-10-18-19(13-17)27-12-11-26-18/h9-10,13-14,16,21H,3-8,11-12,15H2,1-2H3,(H,22,24). The summed E-state index contributed by atoms with van der Waals surface area (Å²) in [4.78, 5) is 22.7. The molecule has 2 unspecified atom stereocenters. The Kier molecular flexibility index (Phi) is 9.62. The average Bonchev–Trinajstić information content (AvgIpc) is 2.70. The summed E-state index contributed by atoms with van der Waals surface area (Å²) in [5, 5.41) is 3.00. The minimum Gasteiger partial charge on any atom is -0.486 e. The molecule has 0 saturated carbocycles. The summed E-state index contributed by atoms with van der Waals surface area (Å²) in [7, 11) is 0. The fraction of sp³-hybridized carbons (Fsp3) is 0.619. The number of hydrogen-bond acceptors (Lipinski definition) is 6. The van der Waals surface area contributed by atoms with Gasteiger partial charge >= 0.3 is 0 Å². The number of benzene rings is 1. The number of carbonyl (C=O) groups is 2. The Morgan fingerprint density at radius 2 is 1.93 bits per heavy atom. The van der Waals surface area contributed by atoms with Crippen molar-refractivity contribution in [2.75, 3.05) is 20.0 Å². The molecule has 1 aliphatic heterocycles. The van der Waals surface area contributed by atoms with Crippen LogP contribution in [0.1, 0.15) is 64.0 Å². The molecule has 2 rings (SSSR count). The largest absolute Gasteiger partial charge is 0.486 e. The molecule has 0 bridgehead atoms. The van der Waals surface area contributed by atoms with Crippen LogP contribution in [0, 0.1) is 0 Å². The molecule has 0 aromatic heterocycles. The van der Waals surface area contributed by atoms with Gasteiger partial charge in [0, 0.05) is 6.42 Å². The van der Waals surface area contributed by atoms with Crippen LogP contribution in [0.15, 0.2) is 18.2 Å². The van der Waals surface area contributed by atoms with Gasteiger partial charge in [0.05, 0.1) is 6.04 Å². The molecule has 7 heteroatoms. The maximum atomic E-state index is 12.3. The zero-order valence-electron chi connectivity index (χ0n) is 16.8. The highest BCUT2D eigenvalue weighted by Gasteiger charge is 2.24. The molecule has 1 aromatic carbocycles. The smallest absolute Gasteiger partial charge is 0.295 e. The first kappa shape index (κ1) is 22.0. The monoisotopic (exact) mass is 393 g/mol. The van der Waals surface area contributed by atoms with Crippen molar-refractivity contribution in [3.8, 4) is 11.5 Å². The molecule has 0 saturated heterocycles. The number of rotatable bonds is 13. The summed E-state index contributed by atoms with van der Waals surface area (Å²) < 4.78 is 21.6. The fourth-order valence-corrected chi connectivity index (χ4v) is 3.20.